The van der Waals surface area contributed by atoms with Crippen LogP contribution < -0.4 is 4.74 Å². The average molecular weight is 243 g/mol. The summed E-state index contributed by atoms with van der Waals surface area (Å²) in [6, 6.07) is 4.11. The third-order valence-electron chi connectivity index (χ3n) is 3.79. The second-order valence-electron chi connectivity index (χ2n) is 5.28. The van der Waals surface area contributed by atoms with Gasteiger partial charge in [0.1, 0.15) is 5.75 Å². The van der Waals surface area contributed by atoms with E-state index in [1.54, 1.807) is 7.11 Å². The molecule has 0 spiro atoms. The van der Waals surface area contributed by atoms with Crippen molar-refractivity contribution in [2.45, 2.75) is 26.7 Å². The number of nitrogens with one attached hydrogen (secondary N) is 1. The summed E-state index contributed by atoms with van der Waals surface area (Å²) in [6.07, 6.45) is 1.61. The molecular formula is C15H17NO2. The third-order valence-corrected chi connectivity index (χ3v) is 3.79. The van der Waals surface area contributed by atoms with Gasteiger partial charge in [-0.3, -0.25) is 4.79 Å². The lowest BCUT2D eigenvalue weighted by Crippen LogP contribution is -2.17. The van der Waals surface area contributed by atoms with Gasteiger partial charge in [0.05, 0.1) is 12.8 Å². The Balaban J connectivity index is 2.29. The van der Waals surface area contributed by atoms with Crippen LogP contribution in [0.2, 0.25) is 0 Å². The van der Waals surface area contributed by atoms with E-state index in [0.29, 0.717) is 12.3 Å². The predicted octanol–water partition coefficient (Wildman–Crippen LogP) is 3.25. The molecule has 3 nitrogen and oxygen atoms in total. The molecule has 18 heavy (non-hydrogen) atoms. The molecule has 0 saturated heterocycles. The monoisotopic (exact) mass is 243 g/mol. The number of hydrogen-bond acceptors (Lipinski definition) is 2. The Hall–Kier alpha value is -1.77. The molecule has 1 unspecified atom stereocenters. The number of H-pyrrole nitrogens is 1. The summed E-state index contributed by atoms with van der Waals surface area (Å²) in [7, 11) is 1.68. The number of methoxy groups -OCH3 is 1. The van der Waals surface area contributed by atoms with E-state index in [1.165, 1.54) is 0 Å². The van der Waals surface area contributed by atoms with Crippen LogP contribution in [0.15, 0.2) is 12.1 Å². The third kappa shape index (κ3) is 1.54. The van der Waals surface area contributed by atoms with E-state index in [2.05, 4.69) is 18.0 Å². The van der Waals surface area contributed by atoms with Gasteiger partial charge >= 0.3 is 0 Å². The van der Waals surface area contributed by atoms with Crippen molar-refractivity contribution in [3.8, 4) is 5.75 Å². The number of aromatic amines is 1. The van der Waals surface area contributed by atoms with E-state index in [-0.39, 0.29) is 5.78 Å². The van der Waals surface area contributed by atoms with Gasteiger partial charge in [0.2, 0.25) is 0 Å². The summed E-state index contributed by atoms with van der Waals surface area (Å²) in [5.41, 5.74) is 4.09. The Morgan fingerprint density at radius 3 is 2.83 bits per heavy atom. The second-order valence-corrected chi connectivity index (χ2v) is 5.28. The van der Waals surface area contributed by atoms with Crippen LogP contribution >= 0.6 is 0 Å². The van der Waals surface area contributed by atoms with Gasteiger partial charge in [-0.25, -0.2) is 0 Å². The highest BCUT2D eigenvalue weighted by molar-refractivity contribution is 6.03. The number of aryl methyl sites for hydroxylation is 1. The fraction of sp³-hybridized carbons (Fsp3) is 0.400. The molecule has 1 aromatic heterocycles. The highest BCUT2D eigenvalue weighted by Crippen LogP contribution is 2.34. The van der Waals surface area contributed by atoms with Gasteiger partial charge < -0.3 is 9.72 Å². The first-order valence-corrected chi connectivity index (χ1v) is 6.32. The smallest absolute Gasteiger partial charge is 0.179 e. The van der Waals surface area contributed by atoms with Crippen LogP contribution in [0.5, 0.6) is 5.75 Å². The number of fused-ring (bicyclic) bond motifs is 3. The number of aromatic nitrogens is 1. The van der Waals surface area contributed by atoms with Gasteiger partial charge in [-0.05, 0) is 42.5 Å². The van der Waals surface area contributed by atoms with Gasteiger partial charge in [0.25, 0.3) is 0 Å². The molecule has 0 fully saturated rings. The topological polar surface area (TPSA) is 42.1 Å². The molecule has 1 heterocycles. The minimum Gasteiger partial charge on any atom is -0.496 e. The van der Waals surface area contributed by atoms with Gasteiger partial charge in [0.15, 0.2) is 5.78 Å². The molecule has 1 aliphatic carbocycles. The van der Waals surface area contributed by atoms with E-state index < -0.39 is 0 Å². The summed E-state index contributed by atoms with van der Waals surface area (Å²) in [5, 5.41) is 1.13. The Bertz CT molecular complexity index is 639. The SMILES string of the molecule is COc1cc2c3c([nH]c2cc1C)C(=O)CC(C)C3. The van der Waals surface area contributed by atoms with E-state index in [0.717, 1.165) is 39.9 Å². The maximum absolute atomic E-state index is 12.0. The van der Waals surface area contributed by atoms with Crippen LogP contribution in [0.1, 0.15) is 35.0 Å². The molecule has 0 aliphatic heterocycles. The lowest BCUT2D eigenvalue weighted by atomic mass is 9.87. The number of benzene rings is 1. The van der Waals surface area contributed by atoms with Crippen LogP contribution in [-0.4, -0.2) is 17.9 Å². The molecule has 2 aromatic rings. The highest BCUT2D eigenvalue weighted by Gasteiger charge is 2.26. The van der Waals surface area contributed by atoms with Gasteiger partial charge in [-0.1, -0.05) is 6.92 Å². The number of ketones is 1. The quantitative estimate of drug-likeness (QED) is 0.835. The molecule has 94 valence electrons. The molecule has 1 aliphatic rings. The van der Waals surface area contributed by atoms with Crippen LogP contribution in [-0.2, 0) is 6.42 Å². The number of rotatable bonds is 1. The molecule has 1 N–H and O–H groups in total. The first kappa shape index (κ1) is 11.3. The summed E-state index contributed by atoms with van der Waals surface area (Å²) >= 11 is 0. The number of carbonyl (C=O) groups is 1. The number of ether oxygens (including phenoxy) is 1. The van der Waals surface area contributed by atoms with Crippen LogP contribution in [0.3, 0.4) is 0 Å². The molecule has 0 bridgehead atoms. The van der Waals surface area contributed by atoms with Crippen molar-refractivity contribution >= 4 is 16.7 Å². The lowest BCUT2D eigenvalue weighted by Gasteiger charge is -2.17. The Labute approximate surface area is 106 Å². The maximum Gasteiger partial charge on any atom is 0.179 e. The molecule has 0 saturated carbocycles. The predicted molar refractivity (Wildman–Crippen MR) is 71.4 cm³/mol. The summed E-state index contributed by atoms with van der Waals surface area (Å²) in [4.78, 5) is 15.3. The fourth-order valence-corrected chi connectivity index (χ4v) is 2.90. The van der Waals surface area contributed by atoms with E-state index in [9.17, 15) is 4.79 Å². The molecule has 1 atom stereocenters. The van der Waals surface area contributed by atoms with Gasteiger partial charge in [0, 0.05) is 17.3 Å². The molecule has 0 radical (unpaired) electrons. The number of carbonyl (C=O) groups excluding carboxylic acids is 1. The van der Waals surface area contributed by atoms with Crippen molar-refractivity contribution in [3.05, 3.63) is 29.0 Å². The Morgan fingerprint density at radius 2 is 2.11 bits per heavy atom. The largest absolute Gasteiger partial charge is 0.496 e. The molecule has 1 aromatic carbocycles. The van der Waals surface area contributed by atoms with Crippen molar-refractivity contribution in [2.75, 3.05) is 7.11 Å². The standard InChI is InChI=1S/C15H17NO2/c1-8-4-11-10-7-14(18-3)9(2)6-12(10)16-15(11)13(17)5-8/h6-8,16H,4-5H2,1-3H3. The zero-order valence-corrected chi connectivity index (χ0v) is 11.0. The van der Waals surface area contributed by atoms with Crippen LogP contribution in [0, 0.1) is 12.8 Å². The Kier molecular flexibility index (Phi) is 2.44. The highest BCUT2D eigenvalue weighted by atomic mass is 16.5. The second kappa shape index (κ2) is 3.87. The zero-order chi connectivity index (χ0) is 12.9. The van der Waals surface area contributed by atoms with Crippen molar-refractivity contribution in [3.63, 3.8) is 0 Å². The average Bonchev–Trinajstić information content (AvgIpc) is 2.66. The van der Waals surface area contributed by atoms with Crippen LogP contribution in [0.4, 0.5) is 0 Å². The summed E-state index contributed by atoms with van der Waals surface area (Å²) < 4.78 is 5.37. The van der Waals surface area contributed by atoms with Crippen LogP contribution in [0.25, 0.3) is 10.9 Å². The van der Waals surface area contributed by atoms with Gasteiger partial charge in [-0.2, -0.15) is 0 Å². The molecule has 3 heteroatoms. The molecule has 3 rings (SSSR count). The van der Waals surface area contributed by atoms with Crippen molar-refractivity contribution in [1.82, 2.24) is 4.98 Å². The first-order valence-electron chi connectivity index (χ1n) is 6.32. The first-order chi connectivity index (χ1) is 8.60. The van der Waals surface area contributed by atoms with Gasteiger partial charge in [-0.15, -0.1) is 0 Å². The van der Waals surface area contributed by atoms with Crippen molar-refractivity contribution in [1.29, 1.82) is 0 Å². The molecular weight excluding hydrogens is 226 g/mol. The summed E-state index contributed by atoms with van der Waals surface area (Å²) in [5.74, 6) is 1.54. The van der Waals surface area contributed by atoms with Crippen molar-refractivity contribution < 1.29 is 9.53 Å². The zero-order valence-electron chi connectivity index (χ0n) is 11.0. The van der Waals surface area contributed by atoms with E-state index in [4.69, 9.17) is 4.74 Å². The van der Waals surface area contributed by atoms with E-state index in [1.807, 2.05) is 13.0 Å². The van der Waals surface area contributed by atoms with E-state index >= 15 is 0 Å². The summed E-state index contributed by atoms with van der Waals surface area (Å²) in [6.45, 7) is 4.15. The minimum absolute atomic E-state index is 0.233. The maximum atomic E-state index is 12.0. The number of hydrogen-bond donors (Lipinski definition) is 1. The fourth-order valence-electron chi connectivity index (χ4n) is 2.90. The number of Topliss-reactive ketones (excluding diaryl/α,β-unsaturated/α-hetero) is 1. The minimum atomic E-state index is 0.233. The molecule has 0 amide bonds. The Morgan fingerprint density at radius 1 is 1.33 bits per heavy atom. The normalized spacial score (nSPS) is 19.1. The van der Waals surface area contributed by atoms with Crippen molar-refractivity contribution in [2.24, 2.45) is 5.92 Å². The lowest BCUT2D eigenvalue weighted by molar-refractivity contribution is 0.0949.